The topological polar surface area (TPSA) is 46.2 Å². The maximum Gasteiger partial charge on any atom is 0.0704 e. The number of benzene rings is 1. The van der Waals surface area contributed by atoms with E-state index in [1.807, 2.05) is 30.5 Å². The van der Waals surface area contributed by atoms with E-state index in [4.69, 9.17) is 5.73 Å². The predicted octanol–water partition coefficient (Wildman–Crippen LogP) is 1.79. The van der Waals surface area contributed by atoms with Gasteiger partial charge in [-0.25, -0.2) is 0 Å². The van der Waals surface area contributed by atoms with E-state index >= 15 is 0 Å². The molecule has 0 radical (unpaired) electrons. The number of hydrogen-bond acceptors (Lipinski definition) is 3. The largest absolute Gasteiger partial charge is 0.391 e. The first-order chi connectivity index (χ1) is 6.15. The van der Waals surface area contributed by atoms with Crippen molar-refractivity contribution in [3.05, 3.63) is 29.8 Å². The molecule has 3 N–H and O–H groups in total. The number of aliphatic hydroxyl groups is 1. The Hall–Kier alpha value is -0.510. The van der Waals surface area contributed by atoms with Crippen LogP contribution in [-0.2, 0) is 0 Å². The fraction of sp³-hybridized carbons (Fsp3) is 0.400. The fourth-order valence-electron chi connectivity index (χ4n) is 1.10. The van der Waals surface area contributed by atoms with Gasteiger partial charge in [0, 0.05) is 4.90 Å². The van der Waals surface area contributed by atoms with Crippen LogP contribution in [0, 0.1) is 0 Å². The van der Waals surface area contributed by atoms with Crippen molar-refractivity contribution in [2.75, 3.05) is 6.26 Å². The van der Waals surface area contributed by atoms with Gasteiger partial charge in [0.25, 0.3) is 0 Å². The SMILES string of the molecule is CSc1ccc([C@@H](N)[C@@H](C)O)cc1. The molecule has 0 saturated heterocycles. The van der Waals surface area contributed by atoms with Gasteiger partial charge in [-0.1, -0.05) is 12.1 Å². The molecule has 0 amide bonds. The number of hydrogen-bond donors (Lipinski definition) is 2. The summed E-state index contributed by atoms with van der Waals surface area (Å²) < 4.78 is 0. The van der Waals surface area contributed by atoms with Crippen molar-refractivity contribution in [1.82, 2.24) is 0 Å². The van der Waals surface area contributed by atoms with Gasteiger partial charge in [-0.3, -0.25) is 0 Å². The summed E-state index contributed by atoms with van der Waals surface area (Å²) in [5.41, 5.74) is 6.75. The standard InChI is InChI=1S/C10H15NOS/c1-7(12)10(11)8-3-5-9(13-2)6-4-8/h3-7,10,12H,11H2,1-2H3/t7-,10+/m1/s1. The van der Waals surface area contributed by atoms with Crippen molar-refractivity contribution in [3.8, 4) is 0 Å². The first-order valence-corrected chi connectivity index (χ1v) is 5.45. The lowest BCUT2D eigenvalue weighted by Gasteiger charge is -2.14. The van der Waals surface area contributed by atoms with Crippen LogP contribution < -0.4 is 5.73 Å². The van der Waals surface area contributed by atoms with Crippen molar-refractivity contribution in [2.45, 2.75) is 24.0 Å². The lowest BCUT2D eigenvalue weighted by Crippen LogP contribution is -2.22. The van der Waals surface area contributed by atoms with Gasteiger partial charge in [0.2, 0.25) is 0 Å². The molecular weight excluding hydrogens is 182 g/mol. The normalized spacial score (nSPS) is 15.4. The second-order valence-corrected chi connectivity index (χ2v) is 3.92. The average Bonchev–Trinajstić information content (AvgIpc) is 2.17. The van der Waals surface area contributed by atoms with E-state index in [0.29, 0.717) is 0 Å². The Labute approximate surface area is 83.1 Å². The summed E-state index contributed by atoms with van der Waals surface area (Å²) in [6, 6.07) is 7.67. The maximum atomic E-state index is 9.27. The Kier molecular flexibility index (Phi) is 3.78. The number of thioether (sulfide) groups is 1. The Morgan fingerprint density at radius 3 is 2.23 bits per heavy atom. The summed E-state index contributed by atoms with van der Waals surface area (Å²) in [7, 11) is 0. The van der Waals surface area contributed by atoms with Crippen LogP contribution >= 0.6 is 11.8 Å². The number of nitrogens with two attached hydrogens (primary N) is 1. The van der Waals surface area contributed by atoms with Crippen molar-refractivity contribution < 1.29 is 5.11 Å². The van der Waals surface area contributed by atoms with Gasteiger partial charge in [0.05, 0.1) is 12.1 Å². The molecule has 0 heterocycles. The van der Waals surface area contributed by atoms with E-state index in [1.165, 1.54) is 4.90 Å². The molecule has 13 heavy (non-hydrogen) atoms. The van der Waals surface area contributed by atoms with Crippen molar-refractivity contribution >= 4 is 11.8 Å². The minimum atomic E-state index is -0.500. The van der Waals surface area contributed by atoms with E-state index in [2.05, 4.69) is 0 Å². The lowest BCUT2D eigenvalue weighted by molar-refractivity contribution is 0.164. The molecule has 0 aromatic heterocycles. The summed E-state index contributed by atoms with van der Waals surface area (Å²) in [6.07, 6.45) is 1.53. The fourth-order valence-corrected chi connectivity index (χ4v) is 1.51. The predicted molar refractivity (Wildman–Crippen MR) is 56.8 cm³/mol. The third kappa shape index (κ3) is 2.72. The summed E-state index contributed by atoms with van der Waals surface area (Å²) in [5.74, 6) is 0. The number of aliphatic hydroxyl groups excluding tert-OH is 1. The van der Waals surface area contributed by atoms with Gasteiger partial charge in [-0.15, -0.1) is 11.8 Å². The third-order valence-electron chi connectivity index (χ3n) is 2.02. The van der Waals surface area contributed by atoms with Gasteiger partial charge in [-0.05, 0) is 30.9 Å². The van der Waals surface area contributed by atoms with Crippen molar-refractivity contribution in [1.29, 1.82) is 0 Å². The monoisotopic (exact) mass is 197 g/mol. The smallest absolute Gasteiger partial charge is 0.0704 e. The quantitative estimate of drug-likeness (QED) is 0.726. The molecule has 2 nitrogen and oxygen atoms in total. The van der Waals surface area contributed by atoms with E-state index in [9.17, 15) is 5.11 Å². The molecule has 1 aromatic rings. The second-order valence-electron chi connectivity index (χ2n) is 3.04. The van der Waals surface area contributed by atoms with Crippen LogP contribution in [0.1, 0.15) is 18.5 Å². The Morgan fingerprint density at radius 2 is 1.85 bits per heavy atom. The molecule has 0 aliphatic carbocycles. The molecule has 0 spiro atoms. The van der Waals surface area contributed by atoms with Crippen LogP contribution in [0.4, 0.5) is 0 Å². The summed E-state index contributed by atoms with van der Waals surface area (Å²) >= 11 is 1.69. The molecule has 0 bridgehead atoms. The van der Waals surface area contributed by atoms with E-state index in [1.54, 1.807) is 18.7 Å². The molecule has 0 aliphatic rings. The molecule has 0 aliphatic heterocycles. The molecule has 3 heteroatoms. The average molecular weight is 197 g/mol. The van der Waals surface area contributed by atoms with E-state index in [0.717, 1.165) is 5.56 Å². The van der Waals surface area contributed by atoms with Gasteiger partial charge in [-0.2, -0.15) is 0 Å². The summed E-state index contributed by atoms with van der Waals surface area (Å²) in [5, 5.41) is 9.27. The highest BCUT2D eigenvalue weighted by atomic mass is 32.2. The van der Waals surface area contributed by atoms with E-state index in [-0.39, 0.29) is 6.04 Å². The molecule has 1 aromatic carbocycles. The van der Waals surface area contributed by atoms with Crippen LogP contribution in [-0.4, -0.2) is 17.5 Å². The van der Waals surface area contributed by atoms with Crippen LogP contribution in [0.15, 0.2) is 29.2 Å². The third-order valence-corrected chi connectivity index (χ3v) is 2.76. The van der Waals surface area contributed by atoms with Gasteiger partial charge < -0.3 is 10.8 Å². The summed E-state index contributed by atoms with van der Waals surface area (Å²) in [4.78, 5) is 1.21. The zero-order valence-electron chi connectivity index (χ0n) is 7.90. The maximum absolute atomic E-state index is 9.27. The molecule has 0 unspecified atom stereocenters. The molecule has 1 rings (SSSR count). The second kappa shape index (κ2) is 4.65. The van der Waals surface area contributed by atoms with E-state index < -0.39 is 6.10 Å². The first kappa shape index (κ1) is 10.6. The number of rotatable bonds is 3. The van der Waals surface area contributed by atoms with Gasteiger partial charge >= 0.3 is 0 Å². The minimum Gasteiger partial charge on any atom is -0.391 e. The highest BCUT2D eigenvalue weighted by Gasteiger charge is 2.10. The summed E-state index contributed by atoms with van der Waals surface area (Å²) in [6.45, 7) is 1.70. The minimum absolute atomic E-state index is 0.282. The Balaban J connectivity index is 2.79. The molecule has 0 fully saturated rings. The highest BCUT2D eigenvalue weighted by molar-refractivity contribution is 7.98. The zero-order valence-corrected chi connectivity index (χ0v) is 8.71. The Morgan fingerprint density at radius 1 is 1.31 bits per heavy atom. The van der Waals surface area contributed by atoms with Gasteiger partial charge in [0.1, 0.15) is 0 Å². The van der Waals surface area contributed by atoms with Crippen molar-refractivity contribution in [2.24, 2.45) is 5.73 Å². The molecule has 72 valence electrons. The zero-order chi connectivity index (χ0) is 9.84. The van der Waals surface area contributed by atoms with Crippen LogP contribution in [0.25, 0.3) is 0 Å². The van der Waals surface area contributed by atoms with Crippen LogP contribution in [0.2, 0.25) is 0 Å². The first-order valence-electron chi connectivity index (χ1n) is 4.22. The van der Waals surface area contributed by atoms with Crippen LogP contribution in [0.3, 0.4) is 0 Å². The molecule has 2 atom stereocenters. The highest BCUT2D eigenvalue weighted by Crippen LogP contribution is 2.19. The lowest BCUT2D eigenvalue weighted by atomic mass is 10.0. The molecular formula is C10H15NOS. The van der Waals surface area contributed by atoms with Crippen molar-refractivity contribution in [3.63, 3.8) is 0 Å². The van der Waals surface area contributed by atoms with Gasteiger partial charge in [0.15, 0.2) is 0 Å². The van der Waals surface area contributed by atoms with Crippen LogP contribution in [0.5, 0.6) is 0 Å². The Bertz CT molecular complexity index is 258. The molecule has 0 saturated carbocycles.